The Morgan fingerprint density at radius 2 is 2.12 bits per heavy atom. The lowest BCUT2D eigenvalue weighted by Crippen LogP contribution is -2.21. The first-order valence-corrected chi connectivity index (χ1v) is 5.65. The zero-order chi connectivity index (χ0) is 12.8. The van der Waals surface area contributed by atoms with Crippen LogP contribution in [0.3, 0.4) is 0 Å². The molecular formula is C11H19N5O. The highest BCUT2D eigenvalue weighted by molar-refractivity contribution is 5.76. The fraction of sp³-hybridized carbons (Fsp3) is 0.545. The maximum Gasteiger partial charge on any atom is 0.221 e. The standard InChI is InChI=1S/C11H19N5O/c1-4-8-15-10(12)7(2)11(16-8)14-6-5-9(17)13-3/h4-6H2,1-3H3,(H,13,17)(H3,12,14,15,16). The van der Waals surface area contributed by atoms with Crippen molar-refractivity contribution in [1.29, 1.82) is 0 Å². The molecule has 0 radical (unpaired) electrons. The minimum atomic E-state index is -0.00658. The van der Waals surface area contributed by atoms with Crippen molar-refractivity contribution in [3.05, 3.63) is 11.4 Å². The van der Waals surface area contributed by atoms with E-state index in [1.54, 1.807) is 7.05 Å². The molecule has 0 fully saturated rings. The Hall–Kier alpha value is -1.85. The van der Waals surface area contributed by atoms with Crippen LogP contribution in [0.4, 0.5) is 11.6 Å². The number of amides is 1. The average molecular weight is 237 g/mol. The van der Waals surface area contributed by atoms with E-state index < -0.39 is 0 Å². The van der Waals surface area contributed by atoms with Gasteiger partial charge in [0.05, 0.1) is 0 Å². The second-order valence-corrected chi connectivity index (χ2v) is 3.70. The quantitative estimate of drug-likeness (QED) is 0.692. The summed E-state index contributed by atoms with van der Waals surface area (Å²) < 4.78 is 0. The average Bonchev–Trinajstić information content (AvgIpc) is 2.33. The number of nitrogens with zero attached hydrogens (tertiary/aromatic N) is 2. The van der Waals surface area contributed by atoms with E-state index in [0.717, 1.165) is 12.0 Å². The molecule has 0 unspecified atom stereocenters. The molecule has 1 amide bonds. The van der Waals surface area contributed by atoms with Crippen LogP contribution < -0.4 is 16.4 Å². The summed E-state index contributed by atoms with van der Waals surface area (Å²) in [6.45, 7) is 4.36. The Balaban J connectivity index is 2.69. The molecule has 1 aromatic heterocycles. The molecule has 17 heavy (non-hydrogen) atoms. The van der Waals surface area contributed by atoms with E-state index in [2.05, 4.69) is 20.6 Å². The minimum absolute atomic E-state index is 0.00658. The summed E-state index contributed by atoms with van der Waals surface area (Å²) in [5.41, 5.74) is 6.60. The van der Waals surface area contributed by atoms with Gasteiger partial charge in [-0.3, -0.25) is 4.79 Å². The van der Waals surface area contributed by atoms with Crippen LogP contribution in [0.15, 0.2) is 0 Å². The number of carbonyl (C=O) groups is 1. The van der Waals surface area contributed by atoms with Gasteiger partial charge in [-0.1, -0.05) is 6.92 Å². The highest BCUT2D eigenvalue weighted by Crippen LogP contribution is 2.17. The summed E-state index contributed by atoms with van der Waals surface area (Å²) in [6.07, 6.45) is 1.13. The Morgan fingerprint density at radius 3 is 2.71 bits per heavy atom. The van der Waals surface area contributed by atoms with E-state index in [1.807, 2.05) is 13.8 Å². The molecular weight excluding hydrogens is 218 g/mol. The van der Waals surface area contributed by atoms with Gasteiger partial charge in [0, 0.05) is 32.0 Å². The molecule has 94 valence electrons. The number of aromatic nitrogens is 2. The first kappa shape index (κ1) is 13.2. The van der Waals surface area contributed by atoms with Gasteiger partial charge in [0.1, 0.15) is 17.5 Å². The van der Waals surface area contributed by atoms with Crippen molar-refractivity contribution in [3.8, 4) is 0 Å². The molecule has 1 rings (SSSR count). The largest absolute Gasteiger partial charge is 0.383 e. The third-order valence-electron chi connectivity index (χ3n) is 2.47. The van der Waals surface area contributed by atoms with Gasteiger partial charge in [0.15, 0.2) is 0 Å². The van der Waals surface area contributed by atoms with Crippen LogP contribution in [0.1, 0.15) is 24.7 Å². The fourth-order valence-corrected chi connectivity index (χ4v) is 1.33. The highest BCUT2D eigenvalue weighted by Gasteiger charge is 2.07. The molecule has 6 heteroatoms. The van der Waals surface area contributed by atoms with Gasteiger partial charge in [0.2, 0.25) is 5.91 Å². The van der Waals surface area contributed by atoms with E-state index in [0.29, 0.717) is 30.4 Å². The second-order valence-electron chi connectivity index (χ2n) is 3.70. The van der Waals surface area contributed by atoms with E-state index in [9.17, 15) is 4.79 Å². The molecule has 0 saturated heterocycles. The minimum Gasteiger partial charge on any atom is -0.383 e. The van der Waals surface area contributed by atoms with Crippen LogP contribution in [-0.2, 0) is 11.2 Å². The van der Waals surface area contributed by atoms with Crippen molar-refractivity contribution in [1.82, 2.24) is 15.3 Å². The fourth-order valence-electron chi connectivity index (χ4n) is 1.33. The van der Waals surface area contributed by atoms with Crippen LogP contribution in [0.5, 0.6) is 0 Å². The first-order valence-electron chi connectivity index (χ1n) is 5.65. The van der Waals surface area contributed by atoms with E-state index in [1.165, 1.54) is 0 Å². The van der Waals surface area contributed by atoms with Gasteiger partial charge in [-0.25, -0.2) is 9.97 Å². The molecule has 0 spiro atoms. The Bertz CT molecular complexity index is 405. The van der Waals surface area contributed by atoms with E-state index >= 15 is 0 Å². The molecule has 4 N–H and O–H groups in total. The van der Waals surface area contributed by atoms with E-state index in [-0.39, 0.29) is 5.91 Å². The number of nitrogen functional groups attached to an aromatic ring is 1. The Labute approximate surface area is 101 Å². The maximum absolute atomic E-state index is 11.1. The molecule has 1 aromatic rings. The number of anilines is 2. The van der Waals surface area contributed by atoms with Crippen LogP contribution in [0.25, 0.3) is 0 Å². The second kappa shape index (κ2) is 6.03. The lowest BCUT2D eigenvalue weighted by Gasteiger charge is -2.11. The van der Waals surface area contributed by atoms with Crippen molar-refractivity contribution >= 4 is 17.5 Å². The van der Waals surface area contributed by atoms with Crippen molar-refractivity contribution in [2.75, 3.05) is 24.6 Å². The van der Waals surface area contributed by atoms with Crippen LogP contribution in [0, 0.1) is 6.92 Å². The topological polar surface area (TPSA) is 92.9 Å². The van der Waals surface area contributed by atoms with E-state index in [4.69, 9.17) is 5.73 Å². The number of aryl methyl sites for hydroxylation is 1. The third-order valence-corrected chi connectivity index (χ3v) is 2.47. The predicted octanol–water partition coefficient (Wildman–Crippen LogP) is 0.478. The number of carbonyl (C=O) groups excluding carboxylic acids is 1. The monoisotopic (exact) mass is 237 g/mol. The highest BCUT2D eigenvalue weighted by atomic mass is 16.1. The van der Waals surface area contributed by atoms with Crippen LogP contribution >= 0.6 is 0 Å². The number of nitrogens with two attached hydrogens (primary N) is 1. The molecule has 0 aliphatic carbocycles. The van der Waals surface area contributed by atoms with Gasteiger partial charge in [-0.2, -0.15) is 0 Å². The Kier molecular flexibility index (Phi) is 4.68. The van der Waals surface area contributed by atoms with Crippen LogP contribution in [0.2, 0.25) is 0 Å². The molecule has 0 bridgehead atoms. The summed E-state index contributed by atoms with van der Waals surface area (Å²) in [5.74, 6) is 1.89. The first-order chi connectivity index (χ1) is 8.08. The molecule has 6 nitrogen and oxygen atoms in total. The molecule has 0 aliphatic heterocycles. The number of hydrogen-bond acceptors (Lipinski definition) is 5. The molecule has 0 aliphatic rings. The third kappa shape index (κ3) is 3.58. The summed E-state index contributed by atoms with van der Waals surface area (Å²) in [4.78, 5) is 19.6. The SMILES string of the molecule is CCc1nc(N)c(C)c(NCCC(=O)NC)n1. The maximum atomic E-state index is 11.1. The Morgan fingerprint density at radius 1 is 1.41 bits per heavy atom. The predicted molar refractivity (Wildman–Crippen MR) is 67.7 cm³/mol. The van der Waals surface area contributed by atoms with Gasteiger partial charge >= 0.3 is 0 Å². The van der Waals surface area contributed by atoms with Gasteiger partial charge in [-0.05, 0) is 6.92 Å². The van der Waals surface area contributed by atoms with Crippen LogP contribution in [-0.4, -0.2) is 29.5 Å². The van der Waals surface area contributed by atoms with Gasteiger partial charge in [-0.15, -0.1) is 0 Å². The molecule has 0 atom stereocenters. The zero-order valence-corrected chi connectivity index (χ0v) is 10.5. The van der Waals surface area contributed by atoms with Crippen molar-refractivity contribution < 1.29 is 4.79 Å². The molecule has 0 aromatic carbocycles. The normalized spacial score (nSPS) is 10.1. The van der Waals surface area contributed by atoms with Crippen molar-refractivity contribution in [2.24, 2.45) is 0 Å². The number of rotatable bonds is 5. The summed E-state index contributed by atoms with van der Waals surface area (Å²) in [6, 6.07) is 0. The summed E-state index contributed by atoms with van der Waals surface area (Å²) in [5, 5.41) is 5.67. The number of nitrogens with one attached hydrogen (secondary N) is 2. The van der Waals surface area contributed by atoms with Gasteiger partial charge < -0.3 is 16.4 Å². The summed E-state index contributed by atoms with van der Waals surface area (Å²) in [7, 11) is 1.62. The smallest absolute Gasteiger partial charge is 0.221 e. The van der Waals surface area contributed by atoms with Crippen molar-refractivity contribution in [3.63, 3.8) is 0 Å². The van der Waals surface area contributed by atoms with Gasteiger partial charge in [0.25, 0.3) is 0 Å². The lowest BCUT2D eigenvalue weighted by molar-refractivity contribution is -0.120. The zero-order valence-electron chi connectivity index (χ0n) is 10.5. The van der Waals surface area contributed by atoms with Crippen molar-refractivity contribution in [2.45, 2.75) is 26.7 Å². The number of hydrogen-bond donors (Lipinski definition) is 3. The molecule has 1 heterocycles. The summed E-state index contributed by atoms with van der Waals surface area (Å²) >= 11 is 0. The molecule has 0 saturated carbocycles. The lowest BCUT2D eigenvalue weighted by atomic mass is 10.3.